The van der Waals surface area contributed by atoms with Gasteiger partial charge in [0.15, 0.2) is 0 Å². The number of rotatable bonds is 3. The summed E-state index contributed by atoms with van der Waals surface area (Å²) in [5.41, 5.74) is 7.18. The summed E-state index contributed by atoms with van der Waals surface area (Å²) in [5, 5.41) is 4.36. The predicted octanol–water partition coefficient (Wildman–Crippen LogP) is 1.08. The predicted molar refractivity (Wildman–Crippen MR) is 56.2 cm³/mol. The number of nitrogens with two attached hydrogens (primary N) is 1. The topological polar surface area (TPSA) is 53.1 Å². The van der Waals surface area contributed by atoms with Gasteiger partial charge >= 0.3 is 0 Å². The first-order chi connectivity index (χ1) is 7.34. The Morgan fingerprint density at radius 2 is 2.33 bits per heavy atom. The van der Waals surface area contributed by atoms with Crippen molar-refractivity contribution in [3.05, 3.63) is 18.0 Å². The van der Waals surface area contributed by atoms with Crippen LogP contribution >= 0.6 is 0 Å². The molecule has 0 aromatic carbocycles. The molecular weight excluding hydrogens is 190 g/mol. The standard InChI is InChI=1S/C11H17N3O/c12-9-4-6-15-11(9)10-3-5-13-14(10)7-8-1-2-8/h3,5,8-9,11H,1-2,4,6-7,12H2. The summed E-state index contributed by atoms with van der Waals surface area (Å²) in [6.45, 7) is 1.81. The van der Waals surface area contributed by atoms with Crippen LogP contribution in [0.4, 0.5) is 0 Å². The van der Waals surface area contributed by atoms with Gasteiger partial charge in [0.25, 0.3) is 0 Å². The SMILES string of the molecule is NC1CCOC1c1ccnn1CC1CC1. The van der Waals surface area contributed by atoms with E-state index < -0.39 is 0 Å². The van der Waals surface area contributed by atoms with E-state index in [-0.39, 0.29) is 12.1 Å². The Balaban J connectivity index is 1.80. The first-order valence-electron chi connectivity index (χ1n) is 5.73. The minimum Gasteiger partial charge on any atom is -0.370 e. The summed E-state index contributed by atoms with van der Waals surface area (Å²) >= 11 is 0. The Morgan fingerprint density at radius 3 is 3.00 bits per heavy atom. The average Bonchev–Trinajstić information content (AvgIpc) is 2.74. The molecular formula is C11H17N3O. The zero-order valence-electron chi connectivity index (χ0n) is 8.80. The maximum atomic E-state index is 6.02. The largest absolute Gasteiger partial charge is 0.370 e. The third-order valence-corrected chi connectivity index (χ3v) is 3.31. The van der Waals surface area contributed by atoms with E-state index in [2.05, 4.69) is 9.78 Å². The molecule has 2 heterocycles. The molecule has 2 fully saturated rings. The smallest absolute Gasteiger partial charge is 0.114 e. The van der Waals surface area contributed by atoms with Crippen LogP contribution in [0.25, 0.3) is 0 Å². The van der Waals surface area contributed by atoms with E-state index in [1.165, 1.54) is 12.8 Å². The minimum absolute atomic E-state index is 0.0613. The van der Waals surface area contributed by atoms with E-state index in [9.17, 15) is 0 Å². The second kappa shape index (κ2) is 3.61. The molecule has 1 aliphatic carbocycles. The number of hydrogen-bond donors (Lipinski definition) is 1. The molecule has 1 saturated carbocycles. The van der Waals surface area contributed by atoms with Gasteiger partial charge in [-0.25, -0.2) is 0 Å². The van der Waals surface area contributed by atoms with E-state index in [0.29, 0.717) is 0 Å². The first-order valence-corrected chi connectivity index (χ1v) is 5.73. The van der Waals surface area contributed by atoms with Gasteiger partial charge in [0.05, 0.1) is 5.69 Å². The van der Waals surface area contributed by atoms with Crippen LogP contribution in [0.5, 0.6) is 0 Å². The Kier molecular flexibility index (Phi) is 2.25. The normalized spacial score (nSPS) is 31.0. The van der Waals surface area contributed by atoms with Gasteiger partial charge < -0.3 is 10.5 Å². The van der Waals surface area contributed by atoms with E-state index in [4.69, 9.17) is 10.5 Å². The maximum absolute atomic E-state index is 6.02. The fourth-order valence-electron chi connectivity index (χ4n) is 2.19. The molecule has 1 saturated heterocycles. The van der Waals surface area contributed by atoms with Crippen molar-refractivity contribution in [2.24, 2.45) is 11.7 Å². The van der Waals surface area contributed by atoms with Crippen LogP contribution in [0.2, 0.25) is 0 Å². The molecule has 1 aliphatic heterocycles. The summed E-state index contributed by atoms with van der Waals surface area (Å²) < 4.78 is 7.74. The van der Waals surface area contributed by atoms with E-state index in [1.54, 1.807) is 0 Å². The summed E-state index contributed by atoms with van der Waals surface area (Å²) in [6, 6.07) is 2.18. The quantitative estimate of drug-likeness (QED) is 0.807. The van der Waals surface area contributed by atoms with Crippen molar-refractivity contribution in [2.75, 3.05) is 6.61 Å². The highest BCUT2D eigenvalue weighted by atomic mass is 16.5. The zero-order chi connectivity index (χ0) is 10.3. The zero-order valence-corrected chi connectivity index (χ0v) is 8.80. The highest BCUT2D eigenvalue weighted by Crippen LogP contribution is 2.33. The Labute approximate surface area is 89.4 Å². The van der Waals surface area contributed by atoms with Crippen LogP contribution in [-0.2, 0) is 11.3 Å². The van der Waals surface area contributed by atoms with E-state index in [1.807, 2.05) is 12.3 Å². The highest BCUT2D eigenvalue weighted by molar-refractivity contribution is 5.09. The van der Waals surface area contributed by atoms with Crippen molar-refractivity contribution in [3.63, 3.8) is 0 Å². The number of aromatic nitrogens is 2. The van der Waals surface area contributed by atoms with Crippen LogP contribution in [0.15, 0.2) is 12.3 Å². The van der Waals surface area contributed by atoms with Gasteiger partial charge in [0.2, 0.25) is 0 Å². The van der Waals surface area contributed by atoms with Gasteiger partial charge in [0.1, 0.15) is 6.10 Å². The molecule has 1 aromatic heterocycles. The average molecular weight is 207 g/mol. The van der Waals surface area contributed by atoms with Crippen molar-refractivity contribution >= 4 is 0 Å². The van der Waals surface area contributed by atoms with Crippen LogP contribution in [0, 0.1) is 5.92 Å². The van der Waals surface area contributed by atoms with Crippen molar-refractivity contribution in [1.82, 2.24) is 9.78 Å². The first kappa shape index (κ1) is 9.36. The number of ether oxygens (including phenoxy) is 1. The van der Waals surface area contributed by atoms with E-state index in [0.717, 1.165) is 31.2 Å². The lowest BCUT2D eigenvalue weighted by atomic mass is 10.1. The third kappa shape index (κ3) is 1.79. The van der Waals surface area contributed by atoms with Gasteiger partial charge in [0, 0.05) is 25.4 Å². The second-order valence-electron chi connectivity index (χ2n) is 4.63. The van der Waals surface area contributed by atoms with Gasteiger partial charge in [-0.3, -0.25) is 4.68 Å². The molecule has 3 rings (SSSR count). The molecule has 0 radical (unpaired) electrons. The molecule has 4 nitrogen and oxygen atoms in total. The molecule has 82 valence electrons. The molecule has 2 aliphatic rings. The summed E-state index contributed by atoms with van der Waals surface area (Å²) in [4.78, 5) is 0. The lowest BCUT2D eigenvalue weighted by molar-refractivity contribution is 0.0970. The van der Waals surface area contributed by atoms with Crippen molar-refractivity contribution in [1.29, 1.82) is 0 Å². The molecule has 2 N–H and O–H groups in total. The van der Waals surface area contributed by atoms with Crippen LogP contribution in [0.1, 0.15) is 31.1 Å². The van der Waals surface area contributed by atoms with Crippen molar-refractivity contribution < 1.29 is 4.74 Å². The second-order valence-corrected chi connectivity index (χ2v) is 4.63. The molecule has 4 heteroatoms. The van der Waals surface area contributed by atoms with Gasteiger partial charge in [-0.15, -0.1) is 0 Å². The summed E-state index contributed by atoms with van der Waals surface area (Å²) in [6.07, 6.45) is 5.56. The van der Waals surface area contributed by atoms with Gasteiger partial charge in [-0.2, -0.15) is 5.10 Å². The van der Waals surface area contributed by atoms with Gasteiger partial charge in [-0.1, -0.05) is 0 Å². The van der Waals surface area contributed by atoms with Crippen LogP contribution in [0.3, 0.4) is 0 Å². The highest BCUT2D eigenvalue weighted by Gasteiger charge is 2.30. The van der Waals surface area contributed by atoms with E-state index >= 15 is 0 Å². The Hall–Kier alpha value is -0.870. The lowest BCUT2D eigenvalue weighted by Crippen LogP contribution is -2.25. The number of nitrogens with zero attached hydrogens (tertiary/aromatic N) is 2. The molecule has 15 heavy (non-hydrogen) atoms. The van der Waals surface area contributed by atoms with Crippen molar-refractivity contribution in [3.8, 4) is 0 Å². The third-order valence-electron chi connectivity index (χ3n) is 3.31. The lowest BCUT2D eigenvalue weighted by Gasteiger charge is -2.16. The molecule has 0 amide bonds. The fourth-order valence-corrected chi connectivity index (χ4v) is 2.19. The maximum Gasteiger partial charge on any atom is 0.114 e. The molecule has 1 aromatic rings. The minimum atomic E-state index is 0.0613. The molecule has 2 unspecified atom stereocenters. The molecule has 0 bridgehead atoms. The molecule has 0 spiro atoms. The van der Waals surface area contributed by atoms with Crippen molar-refractivity contribution in [2.45, 2.75) is 38.0 Å². The summed E-state index contributed by atoms with van der Waals surface area (Å²) in [5.74, 6) is 0.835. The Bertz CT molecular complexity index is 345. The summed E-state index contributed by atoms with van der Waals surface area (Å²) in [7, 11) is 0. The number of hydrogen-bond acceptors (Lipinski definition) is 3. The Morgan fingerprint density at radius 1 is 1.47 bits per heavy atom. The fraction of sp³-hybridized carbons (Fsp3) is 0.727. The monoisotopic (exact) mass is 207 g/mol. The van der Waals surface area contributed by atoms with Crippen LogP contribution in [-0.4, -0.2) is 22.4 Å². The van der Waals surface area contributed by atoms with Gasteiger partial charge in [-0.05, 0) is 31.2 Å². The van der Waals surface area contributed by atoms with Crippen LogP contribution < -0.4 is 5.73 Å². The molecule has 2 atom stereocenters.